The molecule has 0 spiro atoms. The highest BCUT2D eigenvalue weighted by atomic mass is 16.2. The highest BCUT2D eigenvalue weighted by molar-refractivity contribution is 6.08. The average Bonchev–Trinajstić information content (AvgIpc) is 2.43. The molecule has 3 amide bonds. The summed E-state index contributed by atoms with van der Waals surface area (Å²) in [5.74, 6) is -1.22. The summed E-state index contributed by atoms with van der Waals surface area (Å²) in [7, 11) is 0. The van der Waals surface area contributed by atoms with Gasteiger partial charge in [0.05, 0.1) is 5.56 Å². The van der Waals surface area contributed by atoms with Crippen LogP contribution in [0.15, 0.2) is 18.2 Å². The maximum atomic E-state index is 12.7. The minimum Gasteiger partial charge on any atom is -0.385 e. The Bertz CT molecular complexity index is 598. The van der Waals surface area contributed by atoms with Crippen LogP contribution in [0.1, 0.15) is 29.8 Å². The molecular formula is C15H19N3O3. The molecule has 1 fully saturated rings. The molecule has 1 aromatic rings. The lowest BCUT2D eigenvalue weighted by atomic mass is 10.1. The summed E-state index contributed by atoms with van der Waals surface area (Å²) in [6, 6.07) is 4.78. The number of anilines is 1. The molecule has 6 heteroatoms. The summed E-state index contributed by atoms with van der Waals surface area (Å²) in [6.45, 7) is 6.07. The van der Waals surface area contributed by atoms with Crippen molar-refractivity contribution in [2.75, 3.05) is 18.4 Å². The van der Waals surface area contributed by atoms with Crippen molar-refractivity contribution in [3.05, 3.63) is 29.3 Å². The standard InChI is InChI=1S/C15H19N3O3/c1-4-16-12-7-9(2)5-6-11(12)15(21)18-8-13(19)17-14(20)10(18)3/h5-7,10,16H,4,8H2,1-3H3,(H,17,19,20). The van der Waals surface area contributed by atoms with Gasteiger partial charge in [0.2, 0.25) is 11.8 Å². The minimum absolute atomic E-state index is 0.106. The van der Waals surface area contributed by atoms with Crippen molar-refractivity contribution >= 4 is 23.4 Å². The summed E-state index contributed by atoms with van der Waals surface area (Å²) in [4.78, 5) is 37.1. The van der Waals surface area contributed by atoms with Gasteiger partial charge in [-0.1, -0.05) is 6.07 Å². The fourth-order valence-electron chi connectivity index (χ4n) is 2.30. The second-order valence-corrected chi connectivity index (χ2v) is 5.10. The molecule has 0 saturated carbocycles. The van der Waals surface area contributed by atoms with E-state index in [1.165, 1.54) is 4.90 Å². The monoisotopic (exact) mass is 289 g/mol. The number of nitrogens with one attached hydrogen (secondary N) is 2. The van der Waals surface area contributed by atoms with Gasteiger partial charge in [-0.05, 0) is 38.5 Å². The highest BCUT2D eigenvalue weighted by Gasteiger charge is 2.34. The molecule has 1 aliphatic heterocycles. The maximum absolute atomic E-state index is 12.7. The third-order valence-electron chi connectivity index (χ3n) is 3.46. The Hall–Kier alpha value is -2.37. The molecule has 1 unspecified atom stereocenters. The number of rotatable bonds is 3. The van der Waals surface area contributed by atoms with Gasteiger partial charge in [-0.25, -0.2) is 0 Å². The van der Waals surface area contributed by atoms with Crippen molar-refractivity contribution in [1.82, 2.24) is 10.2 Å². The number of hydrogen-bond donors (Lipinski definition) is 2. The number of aryl methyl sites for hydroxylation is 1. The molecule has 6 nitrogen and oxygen atoms in total. The van der Waals surface area contributed by atoms with Crippen LogP contribution in [0.25, 0.3) is 0 Å². The second-order valence-electron chi connectivity index (χ2n) is 5.10. The summed E-state index contributed by atoms with van der Waals surface area (Å²) < 4.78 is 0. The van der Waals surface area contributed by atoms with Gasteiger partial charge >= 0.3 is 0 Å². The lowest BCUT2D eigenvalue weighted by Gasteiger charge is -2.32. The lowest BCUT2D eigenvalue weighted by Crippen LogP contribution is -2.58. The third-order valence-corrected chi connectivity index (χ3v) is 3.46. The molecule has 0 radical (unpaired) electrons. The van der Waals surface area contributed by atoms with Crippen LogP contribution in [0.3, 0.4) is 0 Å². The number of carbonyl (C=O) groups excluding carboxylic acids is 3. The molecule has 21 heavy (non-hydrogen) atoms. The van der Waals surface area contributed by atoms with Gasteiger partial charge in [0, 0.05) is 12.2 Å². The van der Waals surface area contributed by atoms with E-state index in [-0.39, 0.29) is 12.5 Å². The minimum atomic E-state index is -0.661. The largest absolute Gasteiger partial charge is 0.385 e. The summed E-state index contributed by atoms with van der Waals surface area (Å²) in [5, 5.41) is 5.37. The zero-order valence-corrected chi connectivity index (χ0v) is 12.4. The van der Waals surface area contributed by atoms with Gasteiger partial charge in [-0.15, -0.1) is 0 Å². The van der Waals surface area contributed by atoms with Crippen LogP contribution in [0.4, 0.5) is 5.69 Å². The predicted molar refractivity (Wildman–Crippen MR) is 79.0 cm³/mol. The first-order valence-corrected chi connectivity index (χ1v) is 6.93. The van der Waals surface area contributed by atoms with Crippen LogP contribution in [0.5, 0.6) is 0 Å². The number of hydrogen-bond acceptors (Lipinski definition) is 4. The SMILES string of the molecule is CCNc1cc(C)ccc1C(=O)N1CC(=O)NC(=O)C1C. The third kappa shape index (κ3) is 3.04. The van der Waals surface area contributed by atoms with Crippen molar-refractivity contribution < 1.29 is 14.4 Å². The molecule has 2 N–H and O–H groups in total. The van der Waals surface area contributed by atoms with Gasteiger partial charge in [0.25, 0.3) is 5.91 Å². The molecule has 1 aliphatic rings. The molecule has 0 aromatic heterocycles. The second kappa shape index (κ2) is 5.95. The number of imide groups is 1. The molecule has 1 saturated heterocycles. The van der Waals surface area contributed by atoms with Crippen molar-refractivity contribution in [3.8, 4) is 0 Å². The Labute approximate surface area is 123 Å². The first kappa shape index (κ1) is 15.0. The maximum Gasteiger partial charge on any atom is 0.257 e. The zero-order chi connectivity index (χ0) is 15.6. The topological polar surface area (TPSA) is 78.5 Å². The van der Waals surface area contributed by atoms with Crippen LogP contribution >= 0.6 is 0 Å². The molecule has 0 aliphatic carbocycles. The Morgan fingerprint density at radius 2 is 2.14 bits per heavy atom. The van der Waals surface area contributed by atoms with E-state index in [0.29, 0.717) is 17.8 Å². The number of carbonyl (C=O) groups is 3. The van der Waals surface area contributed by atoms with E-state index in [9.17, 15) is 14.4 Å². The van der Waals surface area contributed by atoms with Crippen molar-refractivity contribution in [3.63, 3.8) is 0 Å². The van der Waals surface area contributed by atoms with Crippen LogP contribution in [-0.2, 0) is 9.59 Å². The predicted octanol–water partition coefficient (Wildman–Crippen LogP) is 0.914. The van der Waals surface area contributed by atoms with E-state index in [0.717, 1.165) is 5.56 Å². The van der Waals surface area contributed by atoms with Crippen LogP contribution in [0.2, 0.25) is 0 Å². The van der Waals surface area contributed by atoms with E-state index in [1.54, 1.807) is 13.0 Å². The Morgan fingerprint density at radius 1 is 1.43 bits per heavy atom. The fourth-order valence-corrected chi connectivity index (χ4v) is 2.30. The van der Waals surface area contributed by atoms with Crippen LogP contribution in [0, 0.1) is 6.92 Å². The molecule has 2 rings (SSSR count). The van der Waals surface area contributed by atoms with Crippen LogP contribution in [-0.4, -0.2) is 41.8 Å². The fraction of sp³-hybridized carbons (Fsp3) is 0.400. The number of nitrogens with zero attached hydrogens (tertiary/aromatic N) is 1. The van der Waals surface area contributed by atoms with Gasteiger partial charge in [-0.2, -0.15) is 0 Å². The van der Waals surface area contributed by atoms with Gasteiger partial charge in [-0.3, -0.25) is 19.7 Å². The quantitative estimate of drug-likeness (QED) is 0.811. The van der Waals surface area contributed by atoms with Crippen LogP contribution < -0.4 is 10.6 Å². The van der Waals surface area contributed by atoms with E-state index >= 15 is 0 Å². The highest BCUT2D eigenvalue weighted by Crippen LogP contribution is 2.21. The summed E-state index contributed by atoms with van der Waals surface area (Å²) >= 11 is 0. The smallest absolute Gasteiger partial charge is 0.257 e. The summed E-state index contributed by atoms with van der Waals surface area (Å²) in [5.41, 5.74) is 2.22. The molecule has 1 aromatic carbocycles. The Kier molecular flexibility index (Phi) is 4.26. The molecule has 112 valence electrons. The van der Waals surface area contributed by atoms with Crippen molar-refractivity contribution in [2.45, 2.75) is 26.8 Å². The molecule has 1 atom stereocenters. The van der Waals surface area contributed by atoms with Crippen molar-refractivity contribution in [1.29, 1.82) is 0 Å². The van der Waals surface area contributed by atoms with E-state index in [2.05, 4.69) is 10.6 Å². The number of benzene rings is 1. The normalized spacial score (nSPS) is 18.4. The molecule has 1 heterocycles. The molecule has 0 bridgehead atoms. The first-order chi connectivity index (χ1) is 9.93. The average molecular weight is 289 g/mol. The molecular weight excluding hydrogens is 270 g/mol. The summed E-state index contributed by atoms with van der Waals surface area (Å²) in [6.07, 6.45) is 0. The van der Waals surface area contributed by atoms with Gasteiger partial charge in [0.15, 0.2) is 0 Å². The lowest BCUT2D eigenvalue weighted by molar-refractivity contribution is -0.138. The van der Waals surface area contributed by atoms with E-state index in [4.69, 9.17) is 0 Å². The van der Waals surface area contributed by atoms with Crippen molar-refractivity contribution in [2.24, 2.45) is 0 Å². The van der Waals surface area contributed by atoms with Gasteiger partial charge in [0.1, 0.15) is 12.6 Å². The number of amides is 3. The van der Waals surface area contributed by atoms with E-state index in [1.807, 2.05) is 26.0 Å². The van der Waals surface area contributed by atoms with E-state index < -0.39 is 17.9 Å². The number of piperazine rings is 1. The Morgan fingerprint density at radius 3 is 2.81 bits per heavy atom. The zero-order valence-electron chi connectivity index (χ0n) is 12.4. The van der Waals surface area contributed by atoms with Gasteiger partial charge < -0.3 is 10.2 Å². The Balaban J connectivity index is 2.35. The first-order valence-electron chi connectivity index (χ1n) is 6.93.